The molecule has 0 radical (unpaired) electrons. The van der Waals surface area contributed by atoms with E-state index in [2.05, 4.69) is 10.3 Å². The molecule has 4 N–H and O–H groups in total. The predicted molar refractivity (Wildman–Crippen MR) is 75.2 cm³/mol. The van der Waals surface area contributed by atoms with Crippen LogP contribution in [-0.2, 0) is 10.0 Å². The molecule has 7 nitrogen and oxygen atoms in total. The highest BCUT2D eigenvalue weighted by atomic mass is 32.2. The molecule has 0 aliphatic carbocycles. The highest BCUT2D eigenvalue weighted by Crippen LogP contribution is 2.20. The fraction of sp³-hybridized carbons (Fsp3) is 0.167. The molecule has 0 saturated carbocycles. The van der Waals surface area contributed by atoms with Crippen molar-refractivity contribution >= 4 is 32.7 Å². The summed E-state index contributed by atoms with van der Waals surface area (Å²) in [5, 5.41) is 17.4. The Kier molecular flexibility index (Phi) is 3.86. The van der Waals surface area contributed by atoms with Crippen molar-refractivity contribution < 1.29 is 18.3 Å². The smallest absolute Gasteiger partial charge is 0.336 e. The van der Waals surface area contributed by atoms with Crippen molar-refractivity contribution in [2.75, 3.05) is 17.6 Å². The first-order valence-corrected chi connectivity index (χ1v) is 7.46. The van der Waals surface area contributed by atoms with Crippen molar-refractivity contribution in [1.29, 1.82) is 0 Å². The van der Waals surface area contributed by atoms with Crippen LogP contribution in [0.25, 0.3) is 10.9 Å². The number of nitrogens with two attached hydrogens (primary N) is 1. The molecular weight excluding hydrogens is 282 g/mol. The maximum absolute atomic E-state index is 11.2. The van der Waals surface area contributed by atoms with E-state index < -0.39 is 16.0 Å². The summed E-state index contributed by atoms with van der Waals surface area (Å²) in [6, 6.07) is 8.19. The van der Waals surface area contributed by atoms with E-state index in [4.69, 9.17) is 5.14 Å². The molecule has 2 aromatic rings. The number of para-hydroxylation sites is 1. The van der Waals surface area contributed by atoms with Crippen LogP contribution < -0.4 is 10.5 Å². The second-order valence-electron chi connectivity index (χ2n) is 4.17. The Morgan fingerprint density at radius 3 is 2.70 bits per heavy atom. The van der Waals surface area contributed by atoms with Crippen LogP contribution in [0.5, 0.6) is 0 Å². The third-order valence-corrected chi connectivity index (χ3v) is 3.41. The number of anilines is 1. The number of hydrogen-bond acceptors (Lipinski definition) is 5. The molecule has 0 unspecified atom stereocenters. The molecular formula is C12H13N3O4S. The van der Waals surface area contributed by atoms with Gasteiger partial charge in [-0.1, -0.05) is 18.2 Å². The normalized spacial score (nSPS) is 11.4. The largest absolute Gasteiger partial charge is 0.478 e. The number of aromatic carboxylic acids is 1. The molecule has 0 aliphatic rings. The van der Waals surface area contributed by atoms with Crippen LogP contribution in [0.1, 0.15) is 10.4 Å². The maximum atomic E-state index is 11.2. The van der Waals surface area contributed by atoms with E-state index in [0.29, 0.717) is 16.7 Å². The summed E-state index contributed by atoms with van der Waals surface area (Å²) in [6.07, 6.45) is 0. The number of aromatic nitrogens is 1. The third-order valence-electron chi connectivity index (χ3n) is 2.64. The van der Waals surface area contributed by atoms with Gasteiger partial charge in [0.2, 0.25) is 10.0 Å². The minimum atomic E-state index is -3.57. The van der Waals surface area contributed by atoms with E-state index in [0.717, 1.165) is 0 Å². The van der Waals surface area contributed by atoms with Crippen molar-refractivity contribution in [3.8, 4) is 0 Å². The third kappa shape index (κ3) is 3.43. The average molecular weight is 295 g/mol. The van der Waals surface area contributed by atoms with E-state index in [-0.39, 0.29) is 17.9 Å². The topological polar surface area (TPSA) is 122 Å². The summed E-state index contributed by atoms with van der Waals surface area (Å²) >= 11 is 0. The number of sulfonamides is 1. The summed E-state index contributed by atoms with van der Waals surface area (Å²) < 4.78 is 21.7. The van der Waals surface area contributed by atoms with Gasteiger partial charge in [-0.3, -0.25) is 0 Å². The van der Waals surface area contributed by atoms with Crippen LogP contribution in [0.2, 0.25) is 0 Å². The first kappa shape index (κ1) is 14.2. The Labute approximate surface area is 115 Å². The lowest BCUT2D eigenvalue weighted by molar-refractivity contribution is 0.0699. The van der Waals surface area contributed by atoms with Gasteiger partial charge in [0.05, 0.1) is 16.8 Å². The van der Waals surface area contributed by atoms with Crippen LogP contribution in [0, 0.1) is 0 Å². The number of fused-ring (bicyclic) bond motifs is 1. The second kappa shape index (κ2) is 5.43. The number of carboxylic acids is 1. The van der Waals surface area contributed by atoms with Crippen LogP contribution in [0.4, 0.5) is 5.82 Å². The molecule has 1 aromatic heterocycles. The Hall–Kier alpha value is -2.19. The van der Waals surface area contributed by atoms with Gasteiger partial charge in [-0.25, -0.2) is 23.3 Å². The first-order valence-electron chi connectivity index (χ1n) is 5.74. The zero-order valence-corrected chi connectivity index (χ0v) is 11.2. The molecule has 106 valence electrons. The lowest BCUT2D eigenvalue weighted by Crippen LogP contribution is -2.22. The molecule has 8 heteroatoms. The number of pyridine rings is 1. The van der Waals surface area contributed by atoms with Gasteiger partial charge in [-0.2, -0.15) is 0 Å². The Morgan fingerprint density at radius 1 is 1.35 bits per heavy atom. The molecule has 0 fully saturated rings. The molecule has 0 aliphatic heterocycles. The minimum Gasteiger partial charge on any atom is -0.478 e. The van der Waals surface area contributed by atoms with Gasteiger partial charge in [-0.05, 0) is 12.1 Å². The highest BCUT2D eigenvalue weighted by Gasteiger charge is 2.11. The van der Waals surface area contributed by atoms with Crippen molar-refractivity contribution in [2.45, 2.75) is 0 Å². The number of hydrogen-bond donors (Lipinski definition) is 3. The van der Waals surface area contributed by atoms with Gasteiger partial charge in [-0.15, -0.1) is 0 Å². The molecule has 1 aromatic carbocycles. The summed E-state index contributed by atoms with van der Waals surface area (Å²) in [5.41, 5.74) is 0.624. The zero-order chi connectivity index (χ0) is 14.8. The van der Waals surface area contributed by atoms with Crippen molar-refractivity contribution in [3.63, 3.8) is 0 Å². The van der Waals surface area contributed by atoms with Gasteiger partial charge in [0.25, 0.3) is 0 Å². The van der Waals surface area contributed by atoms with Gasteiger partial charge in [0, 0.05) is 11.9 Å². The lowest BCUT2D eigenvalue weighted by atomic mass is 10.1. The van der Waals surface area contributed by atoms with Crippen LogP contribution in [-0.4, -0.2) is 36.8 Å². The number of carboxylic acid groups (broad SMARTS) is 1. The standard InChI is InChI=1S/C12H13N3O4S/c13-20(18,19)6-5-14-11-7-9(12(16)17)8-3-1-2-4-10(8)15-11/h1-4,7H,5-6H2,(H,14,15)(H,16,17)(H2,13,18,19). The van der Waals surface area contributed by atoms with Crippen LogP contribution in [0.3, 0.4) is 0 Å². The maximum Gasteiger partial charge on any atom is 0.336 e. The molecule has 0 saturated heterocycles. The number of primary sulfonamides is 1. The Bertz CT molecular complexity index is 758. The van der Waals surface area contributed by atoms with Crippen LogP contribution in [0.15, 0.2) is 30.3 Å². The van der Waals surface area contributed by atoms with E-state index in [1.54, 1.807) is 24.3 Å². The molecule has 0 atom stereocenters. The summed E-state index contributed by atoms with van der Waals surface area (Å²) in [7, 11) is -3.57. The van der Waals surface area contributed by atoms with Crippen LogP contribution >= 0.6 is 0 Å². The van der Waals surface area contributed by atoms with E-state index >= 15 is 0 Å². The Balaban J connectivity index is 2.33. The van der Waals surface area contributed by atoms with Gasteiger partial charge in [0.1, 0.15) is 5.82 Å². The van der Waals surface area contributed by atoms with Crippen molar-refractivity contribution in [2.24, 2.45) is 5.14 Å². The number of benzene rings is 1. The fourth-order valence-electron chi connectivity index (χ4n) is 1.76. The zero-order valence-electron chi connectivity index (χ0n) is 10.4. The molecule has 0 bridgehead atoms. The van der Waals surface area contributed by atoms with Gasteiger partial charge in [0.15, 0.2) is 0 Å². The monoisotopic (exact) mass is 295 g/mol. The molecule has 1 heterocycles. The van der Waals surface area contributed by atoms with Crippen molar-refractivity contribution in [1.82, 2.24) is 4.98 Å². The summed E-state index contributed by atoms with van der Waals surface area (Å²) in [4.78, 5) is 15.5. The van der Waals surface area contributed by atoms with Gasteiger partial charge >= 0.3 is 5.97 Å². The van der Waals surface area contributed by atoms with E-state index in [1.165, 1.54) is 6.07 Å². The SMILES string of the molecule is NS(=O)(=O)CCNc1cc(C(=O)O)c2ccccc2n1. The number of nitrogens with one attached hydrogen (secondary N) is 1. The summed E-state index contributed by atoms with van der Waals surface area (Å²) in [6.45, 7) is 0.0588. The Morgan fingerprint density at radius 2 is 2.05 bits per heavy atom. The highest BCUT2D eigenvalue weighted by molar-refractivity contribution is 7.89. The number of rotatable bonds is 5. The minimum absolute atomic E-state index is 0.0588. The number of nitrogens with zero attached hydrogens (tertiary/aromatic N) is 1. The molecule has 2 rings (SSSR count). The quantitative estimate of drug-likeness (QED) is 0.743. The first-order chi connectivity index (χ1) is 9.37. The molecule has 20 heavy (non-hydrogen) atoms. The van der Waals surface area contributed by atoms with Crippen molar-refractivity contribution in [3.05, 3.63) is 35.9 Å². The summed E-state index contributed by atoms with van der Waals surface area (Å²) in [5.74, 6) is -1.04. The lowest BCUT2D eigenvalue weighted by Gasteiger charge is -2.08. The predicted octanol–water partition coefficient (Wildman–Crippen LogP) is 0.633. The molecule has 0 amide bonds. The van der Waals surface area contributed by atoms with E-state index in [9.17, 15) is 18.3 Å². The second-order valence-corrected chi connectivity index (χ2v) is 5.91. The average Bonchev–Trinajstić information content (AvgIpc) is 2.36. The van der Waals surface area contributed by atoms with E-state index in [1.807, 2.05) is 0 Å². The molecule has 0 spiro atoms. The number of carbonyl (C=O) groups is 1. The fourth-order valence-corrected chi connectivity index (χ4v) is 2.15. The van der Waals surface area contributed by atoms with Gasteiger partial charge < -0.3 is 10.4 Å².